The second-order valence-electron chi connectivity index (χ2n) is 3.38. The third-order valence-corrected chi connectivity index (χ3v) is 2.89. The van der Waals surface area contributed by atoms with Crippen LogP contribution in [0.2, 0.25) is 10.0 Å². The number of carbonyl (C=O) groups excluding carboxylic acids is 1. The summed E-state index contributed by atoms with van der Waals surface area (Å²) in [5.41, 5.74) is 1.15. The smallest absolute Gasteiger partial charge is 0.255 e. The van der Waals surface area contributed by atoms with Crippen LogP contribution in [0.5, 0.6) is 0 Å². The van der Waals surface area contributed by atoms with Crippen LogP contribution in [-0.4, -0.2) is 5.91 Å². The third kappa shape index (κ3) is 2.99. The Kier molecular flexibility index (Phi) is 3.67. The van der Waals surface area contributed by atoms with Crippen molar-refractivity contribution in [3.8, 4) is 0 Å². The summed E-state index contributed by atoms with van der Waals surface area (Å²) in [7, 11) is 0. The molecule has 2 rings (SSSR count). The molecular formula is C13H8Cl2NO. The van der Waals surface area contributed by atoms with Crippen molar-refractivity contribution >= 4 is 34.8 Å². The van der Waals surface area contributed by atoms with Crippen LogP contribution in [0.15, 0.2) is 42.5 Å². The highest BCUT2D eigenvalue weighted by Crippen LogP contribution is 2.25. The summed E-state index contributed by atoms with van der Waals surface area (Å²) in [4.78, 5) is 11.8. The van der Waals surface area contributed by atoms with Gasteiger partial charge >= 0.3 is 0 Å². The first-order valence-electron chi connectivity index (χ1n) is 4.89. The van der Waals surface area contributed by atoms with Crippen LogP contribution in [-0.2, 0) is 0 Å². The molecule has 1 N–H and O–H groups in total. The number of amides is 1. The van der Waals surface area contributed by atoms with Gasteiger partial charge in [-0.25, -0.2) is 0 Å². The molecule has 0 aliphatic heterocycles. The lowest BCUT2D eigenvalue weighted by molar-refractivity contribution is 0.102. The Balaban J connectivity index is 2.16. The topological polar surface area (TPSA) is 29.1 Å². The molecule has 0 aliphatic rings. The highest BCUT2D eigenvalue weighted by atomic mass is 35.5. The van der Waals surface area contributed by atoms with Crippen molar-refractivity contribution in [1.82, 2.24) is 0 Å². The molecule has 0 spiro atoms. The quantitative estimate of drug-likeness (QED) is 0.872. The molecular weight excluding hydrogens is 257 g/mol. The molecule has 0 bridgehead atoms. The Morgan fingerprint density at radius 2 is 2.00 bits per heavy atom. The minimum atomic E-state index is -0.208. The maximum atomic E-state index is 11.8. The lowest BCUT2D eigenvalue weighted by Gasteiger charge is -2.06. The number of nitrogens with one attached hydrogen (secondary N) is 1. The van der Waals surface area contributed by atoms with Gasteiger partial charge in [-0.2, -0.15) is 0 Å². The standard InChI is InChI=1S/C13H8Cl2NO/c14-11-7-6-10(8-12(11)15)16-13(17)9-4-2-1-3-5-9/h1-2,4-8H,(H,16,17). The van der Waals surface area contributed by atoms with Crippen LogP contribution < -0.4 is 5.32 Å². The van der Waals surface area contributed by atoms with Gasteiger partial charge in [0.15, 0.2) is 0 Å². The molecule has 85 valence electrons. The van der Waals surface area contributed by atoms with Gasteiger partial charge in [0.25, 0.3) is 5.91 Å². The summed E-state index contributed by atoms with van der Waals surface area (Å²) in [6.45, 7) is 0. The molecule has 1 amide bonds. The molecule has 2 nitrogen and oxygen atoms in total. The van der Waals surface area contributed by atoms with Crippen molar-refractivity contribution in [3.63, 3.8) is 0 Å². The zero-order valence-electron chi connectivity index (χ0n) is 8.71. The van der Waals surface area contributed by atoms with E-state index in [1.807, 2.05) is 0 Å². The van der Waals surface area contributed by atoms with E-state index < -0.39 is 0 Å². The second-order valence-corrected chi connectivity index (χ2v) is 4.19. The Bertz CT molecular complexity index is 540. The first kappa shape index (κ1) is 12.0. The van der Waals surface area contributed by atoms with Gasteiger partial charge in [0.1, 0.15) is 0 Å². The minimum Gasteiger partial charge on any atom is -0.322 e. The number of halogens is 2. The van der Waals surface area contributed by atoms with E-state index in [1.165, 1.54) is 0 Å². The van der Waals surface area contributed by atoms with E-state index in [4.69, 9.17) is 23.2 Å². The fourth-order valence-corrected chi connectivity index (χ4v) is 1.61. The van der Waals surface area contributed by atoms with Crippen LogP contribution in [0.3, 0.4) is 0 Å². The summed E-state index contributed by atoms with van der Waals surface area (Å²) < 4.78 is 0. The highest BCUT2D eigenvalue weighted by molar-refractivity contribution is 6.42. The lowest BCUT2D eigenvalue weighted by atomic mass is 10.2. The van der Waals surface area contributed by atoms with Crippen LogP contribution in [0.4, 0.5) is 5.69 Å². The van der Waals surface area contributed by atoms with Crippen molar-refractivity contribution in [1.29, 1.82) is 0 Å². The SMILES string of the molecule is O=C(Nc1ccc(Cl)c(Cl)c1)c1c[c]ccc1. The van der Waals surface area contributed by atoms with Crippen molar-refractivity contribution < 1.29 is 4.79 Å². The molecule has 0 atom stereocenters. The van der Waals surface area contributed by atoms with Gasteiger partial charge < -0.3 is 5.32 Å². The van der Waals surface area contributed by atoms with Gasteiger partial charge in [0, 0.05) is 11.3 Å². The molecule has 0 saturated heterocycles. The van der Waals surface area contributed by atoms with E-state index in [2.05, 4.69) is 11.4 Å². The van der Waals surface area contributed by atoms with Crippen molar-refractivity contribution in [2.45, 2.75) is 0 Å². The monoisotopic (exact) mass is 264 g/mol. The average molecular weight is 265 g/mol. The van der Waals surface area contributed by atoms with E-state index in [-0.39, 0.29) is 5.91 Å². The number of anilines is 1. The van der Waals surface area contributed by atoms with E-state index in [9.17, 15) is 4.79 Å². The Hall–Kier alpha value is -1.51. The first-order valence-corrected chi connectivity index (χ1v) is 5.65. The molecule has 0 heterocycles. The Morgan fingerprint density at radius 1 is 1.18 bits per heavy atom. The largest absolute Gasteiger partial charge is 0.322 e. The van der Waals surface area contributed by atoms with Crippen molar-refractivity contribution in [2.75, 3.05) is 5.32 Å². The summed E-state index contributed by atoms with van der Waals surface area (Å²) in [6.07, 6.45) is 0. The molecule has 0 fully saturated rings. The van der Waals surface area contributed by atoms with Crippen LogP contribution in [0.1, 0.15) is 10.4 Å². The third-order valence-electron chi connectivity index (χ3n) is 2.15. The fraction of sp³-hybridized carbons (Fsp3) is 0. The van der Waals surface area contributed by atoms with E-state index >= 15 is 0 Å². The van der Waals surface area contributed by atoms with Gasteiger partial charge in [0.05, 0.1) is 10.0 Å². The average Bonchev–Trinajstić information content (AvgIpc) is 2.35. The normalized spacial score (nSPS) is 10.0. The molecule has 2 aromatic carbocycles. The first-order chi connectivity index (χ1) is 8.16. The van der Waals surface area contributed by atoms with Gasteiger partial charge in [-0.05, 0) is 36.4 Å². The molecule has 17 heavy (non-hydrogen) atoms. The zero-order valence-corrected chi connectivity index (χ0v) is 10.2. The summed E-state index contributed by atoms with van der Waals surface area (Å²) in [5, 5.41) is 3.59. The van der Waals surface area contributed by atoms with Crippen LogP contribution in [0.25, 0.3) is 0 Å². The van der Waals surface area contributed by atoms with E-state index in [0.717, 1.165) is 0 Å². The predicted molar refractivity (Wildman–Crippen MR) is 69.7 cm³/mol. The summed E-state index contributed by atoms with van der Waals surface area (Å²) in [6, 6.07) is 14.6. The van der Waals surface area contributed by atoms with Gasteiger partial charge in [-0.15, -0.1) is 0 Å². The molecule has 0 saturated carbocycles. The maximum absolute atomic E-state index is 11.8. The maximum Gasteiger partial charge on any atom is 0.255 e. The molecule has 0 aliphatic carbocycles. The van der Waals surface area contributed by atoms with Gasteiger partial charge in [0.2, 0.25) is 0 Å². The number of carbonyl (C=O) groups is 1. The molecule has 4 heteroatoms. The number of benzene rings is 2. The molecule has 0 unspecified atom stereocenters. The van der Waals surface area contributed by atoms with Gasteiger partial charge in [-0.3, -0.25) is 4.79 Å². The minimum absolute atomic E-state index is 0.208. The van der Waals surface area contributed by atoms with E-state index in [0.29, 0.717) is 21.3 Å². The molecule has 0 aromatic heterocycles. The van der Waals surface area contributed by atoms with Gasteiger partial charge in [-0.1, -0.05) is 35.3 Å². The lowest BCUT2D eigenvalue weighted by Crippen LogP contribution is -2.11. The number of rotatable bonds is 2. The Labute approximate surface area is 109 Å². The molecule has 1 radical (unpaired) electrons. The fourth-order valence-electron chi connectivity index (χ4n) is 1.31. The number of hydrogen-bond acceptors (Lipinski definition) is 1. The zero-order chi connectivity index (χ0) is 12.3. The van der Waals surface area contributed by atoms with Crippen LogP contribution >= 0.6 is 23.2 Å². The highest BCUT2D eigenvalue weighted by Gasteiger charge is 2.06. The van der Waals surface area contributed by atoms with Crippen molar-refractivity contribution in [3.05, 3.63) is 64.1 Å². The Morgan fingerprint density at radius 3 is 2.65 bits per heavy atom. The summed E-state index contributed by atoms with van der Waals surface area (Å²) in [5.74, 6) is -0.208. The molecule has 2 aromatic rings. The van der Waals surface area contributed by atoms with Crippen LogP contribution in [0, 0.1) is 6.07 Å². The number of hydrogen-bond donors (Lipinski definition) is 1. The second kappa shape index (κ2) is 5.21. The van der Waals surface area contributed by atoms with E-state index in [1.54, 1.807) is 42.5 Å². The predicted octanol–water partition coefficient (Wildman–Crippen LogP) is 4.05. The van der Waals surface area contributed by atoms with Crippen molar-refractivity contribution in [2.24, 2.45) is 0 Å². The summed E-state index contributed by atoms with van der Waals surface area (Å²) >= 11 is 11.6.